The summed E-state index contributed by atoms with van der Waals surface area (Å²) in [4.78, 5) is 4.14. The number of sulfonamides is 1. The molecule has 0 spiro atoms. The van der Waals surface area contributed by atoms with Crippen molar-refractivity contribution in [2.75, 3.05) is 39.0 Å². The van der Waals surface area contributed by atoms with Gasteiger partial charge >= 0.3 is 0 Å². The van der Waals surface area contributed by atoms with Crippen LogP contribution in [-0.2, 0) is 14.8 Å². The van der Waals surface area contributed by atoms with Crippen LogP contribution in [0.5, 0.6) is 0 Å². The third-order valence-electron chi connectivity index (χ3n) is 4.38. The lowest BCUT2D eigenvalue weighted by atomic mass is 10.1. The van der Waals surface area contributed by atoms with Gasteiger partial charge in [-0.05, 0) is 47.6 Å². The molecule has 1 aliphatic rings. The molecule has 3 N–H and O–H groups in total. The first-order valence-corrected chi connectivity index (χ1v) is 11.6. The van der Waals surface area contributed by atoms with Crippen molar-refractivity contribution in [3.05, 3.63) is 22.4 Å². The molecule has 0 aromatic carbocycles. The topological polar surface area (TPSA) is 91.8 Å². The average molecular weight is 403 g/mol. The molecule has 0 aliphatic carbocycles. The fourth-order valence-corrected chi connectivity index (χ4v) is 4.45. The summed E-state index contributed by atoms with van der Waals surface area (Å²) in [6.45, 7) is 4.26. The molecule has 1 aliphatic heterocycles. The second-order valence-electron chi connectivity index (χ2n) is 6.49. The van der Waals surface area contributed by atoms with Gasteiger partial charge in [-0.3, -0.25) is 4.99 Å². The SMILES string of the molecule is CN=C(NCCS(=O)(=O)NCC1CCCCO1)NCC(C)c1ccsc1. The zero-order valence-electron chi connectivity index (χ0n) is 15.5. The minimum atomic E-state index is -3.33. The first-order valence-electron chi connectivity index (χ1n) is 9.05. The summed E-state index contributed by atoms with van der Waals surface area (Å²) in [6.07, 6.45) is 3.07. The summed E-state index contributed by atoms with van der Waals surface area (Å²) in [5.74, 6) is 0.971. The molecule has 1 saturated heterocycles. The van der Waals surface area contributed by atoms with Gasteiger partial charge < -0.3 is 15.4 Å². The van der Waals surface area contributed by atoms with Gasteiger partial charge in [-0.25, -0.2) is 13.1 Å². The highest BCUT2D eigenvalue weighted by molar-refractivity contribution is 7.89. The molecular weight excluding hydrogens is 372 g/mol. The van der Waals surface area contributed by atoms with Gasteiger partial charge in [0.25, 0.3) is 0 Å². The molecular formula is C17H30N4O3S2. The van der Waals surface area contributed by atoms with E-state index in [0.29, 0.717) is 25.0 Å². The molecule has 9 heteroatoms. The van der Waals surface area contributed by atoms with Gasteiger partial charge in [-0.15, -0.1) is 0 Å². The fourth-order valence-electron chi connectivity index (χ4n) is 2.71. The summed E-state index contributed by atoms with van der Waals surface area (Å²) in [6, 6.07) is 2.11. The average Bonchev–Trinajstić information content (AvgIpc) is 3.18. The van der Waals surface area contributed by atoms with Crippen molar-refractivity contribution in [1.29, 1.82) is 0 Å². The van der Waals surface area contributed by atoms with E-state index in [9.17, 15) is 8.42 Å². The highest BCUT2D eigenvalue weighted by Crippen LogP contribution is 2.17. The minimum Gasteiger partial charge on any atom is -0.377 e. The van der Waals surface area contributed by atoms with Crippen LogP contribution < -0.4 is 15.4 Å². The van der Waals surface area contributed by atoms with E-state index in [4.69, 9.17) is 4.74 Å². The highest BCUT2D eigenvalue weighted by Gasteiger charge is 2.17. The molecule has 1 fully saturated rings. The maximum atomic E-state index is 12.1. The van der Waals surface area contributed by atoms with Gasteiger partial charge in [0.15, 0.2) is 5.96 Å². The molecule has 2 heterocycles. The Morgan fingerprint density at radius 1 is 1.42 bits per heavy atom. The number of hydrogen-bond acceptors (Lipinski definition) is 5. The summed E-state index contributed by atoms with van der Waals surface area (Å²) >= 11 is 1.68. The summed E-state index contributed by atoms with van der Waals surface area (Å²) < 4.78 is 32.4. The van der Waals surface area contributed by atoms with Crippen molar-refractivity contribution in [3.8, 4) is 0 Å². The monoisotopic (exact) mass is 402 g/mol. The lowest BCUT2D eigenvalue weighted by Gasteiger charge is -2.22. The van der Waals surface area contributed by atoms with Crippen molar-refractivity contribution in [1.82, 2.24) is 15.4 Å². The second kappa shape index (κ2) is 10.9. The smallest absolute Gasteiger partial charge is 0.213 e. The van der Waals surface area contributed by atoms with Gasteiger partial charge in [-0.1, -0.05) is 6.92 Å². The number of guanidine groups is 1. The highest BCUT2D eigenvalue weighted by atomic mass is 32.2. The van der Waals surface area contributed by atoms with Crippen molar-refractivity contribution < 1.29 is 13.2 Å². The van der Waals surface area contributed by atoms with Crippen LogP contribution in [0.4, 0.5) is 0 Å². The van der Waals surface area contributed by atoms with E-state index in [0.717, 1.165) is 32.4 Å². The van der Waals surface area contributed by atoms with Crippen LogP contribution in [0.3, 0.4) is 0 Å². The first-order chi connectivity index (χ1) is 12.5. The van der Waals surface area contributed by atoms with Crippen molar-refractivity contribution in [2.45, 2.75) is 38.2 Å². The Morgan fingerprint density at radius 3 is 2.92 bits per heavy atom. The van der Waals surface area contributed by atoms with Crippen molar-refractivity contribution >= 4 is 27.3 Å². The van der Waals surface area contributed by atoms with Crippen LogP contribution in [-0.4, -0.2) is 59.5 Å². The molecule has 1 aromatic rings. The van der Waals surface area contributed by atoms with E-state index in [1.54, 1.807) is 18.4 Å². The molecule has 0 radical (unpaired) electrons. The lowest BCUT2D eigenvalue weighted by Crippen LogP contribution is -2.43. The molecule has 2 unspecified atom stereocenters. The van der Waals surface area contributed by atoms with Crippen LogP contribution in [0, 0.1) is 0 Å². The molecule has 2 atom stereocenters. The van der Waals surface area contributed by atoms with Crippen LogP contribution >= 0.6 is 11.3 Å². The van der Waals surface area contributed by atoms with E-state index < -0.39 is 10.0 Å². The predicted molar refractivity (Wildman–Crippen MR) is 107 cm³/mol. The number of aliphatic imine (C=N–C) groups is 1. The number of nitrogens with zero attached hydrogens (tertiary/aromatic N) is 1. The Kier molecular flexibility index (Phi) is 8.83. The van der Waals surface area contributed by atoms with Crippen LogP contribution in [0.2, 0.25) is 0 Å². The maximum absolute atomic E-state index is 12.1. The van der Waals surface area contributed by atoms with Gasteiger partial charge in [0, 0.05) is 33.3 Å². The van der Waals surface area contributed by atoms with Gasteiger partial charge in [0.2, 0.25) is 10.0 Å². The Hall–Kier alpha value is -1.16. The normalized spacial score (nSPS) is 19.9. The van der Waals surface area contributed by atoms with E-state index in [1.165, 1.54) is 5.56 Å². The zero-order chi connectivity index (χ0) is 18.8. The number of ether oxygens (including phenoxy) is 1. The summed E-state index contributed by atoms with van der Waals surface area (Å²) in [5, 5.41) is 10.5. The number of hydrogen-bond donors (Lipinski definition) is 3. The first kappa shape index (κ1) is 21.1. The Bertz CT molecular complexity index is 641. The van der Waals surface area contributed by atoms with Crippen LogP contribution in [0.25, 0.3) is 0 Å². The van der Waals surface area contributed by atoms with E-state index in [-0.39, 0.29) is 11.9 Å². The molecule has 26 heavy (non-hydrogen) atoms. The summed E-state index contributed by atoms with van der Waals surface area (Å²) in [5.41, 5.74) is 1.29. The zero-order valence-corrected chi connectivity index (χ0v) is 17.2. The standard InChI is InChI=1S/C17H30N4O3S2/c1-14(15-6-9-25-13-15)11-20-17(18-2)19-7-10-26(22,23)21-12-16-5-3-4-8-24-16/h6,9,13-14,16,21H,3-5,7-8,10-12H2,1-2H3,(H2,18,19,20). The molecule has 0 saturated carbocycles. The molecule has 7 nitrogen and oxygen atoms in total. The van der Waals surface area contributed by atoms with Gasteiger partial charge in [0.1, 0.15) is 0 Å². The Labute approximate surface area is 160 Å². The van der Waals surface area contributed by atoms with Crippen LogP contribution in [0.15, 0.2) is 21.8 Å². The number of nitrogens with one attached hydrogen (secondary N) is 3. The van der Waals surface area contributed by atoms with Gasteiger partial charge in [0.05, 0.1) is 11.9 Å². The van der Waals surface area contributed by atoms with Crippen molar-refractivity contribution in [3.63, 3.8) is 0 Å². The Morgan fingerprint density at radius 2 is 2.27 bits per heavy atom. The largest absolute Gasteiger partial charge is 0.377 e. The fraction of sp³-hybridized carbons (Fsp3) is 0.706. The molecule has 0 bridgehead atoms. The lowest BCUT2D eigenvalue weighted by molar-refractivity contribution is 0.0200. The number of thiophene rings is 1. The Balaban J connectivity index is 1.65. The van der Waals surface area contributed by atoms with Crippen molar-refractivity contribution in [2.24, 2.45) is 4.99 Å². The third-order valence-corrected chi connectivity index (χ3v) is 6.43. The summed E-state index contributed by atoms with van der Waals surface area (Å²) in [7, 11) is -1.65. The second-order valence-corrected chi connectivity index (χ2v) is 9.20. The molecule has 1 aromatic heterocycles. The van der Waals surface area contributed by atoms with E-state index in [2.05, 4.69) is 44.1 Å². The predicted octanol–water partition coefficient (Wildman–Crippen LogP) is 1.51. The minimum absolute atomic E-state index is 0.000455. The quantitative estimate of drug-likeness (QED) is 0.430. The van der Waals surface area contributed by atoms with Gasteiger partial charge in [-0.2, -0.15) is 11.3 Å². The third kappa shape index (κ3) is 7.61. The number of rotatable bonds is 9. The maximum Gasteiger partial charge on any atom is 0.213 e. The van der Waals surface area contributed by atoms with E-state index >= 15 is 0 Å². The molecule has 148 valence electrons. The molecule has 0 amide bonds. The van der Waals surface area contributed by atoms with E-state index in [1.807, 2.05) is 0 Å². The van der Waals surface area contributed by atoms with Crippen LogP contribution in [0.1, 0.15) is 37.7 Å². The molecule has 2 rings (SSSR count).